The van der Waals surface area contributed by atoms with Crippen molar-refractivity contribution < 1.29 is 4.39 Å². The first kappa shape index (κ1) is 15.4. The van der Waals surface area contributed by atoms with Gasteiger partial charge in [-0.15, -0.1) is 0 Å². The smallest absolute Gasteiger partial charge is 0.180 e. The summed E-state index contributed by atoms with van der Waals surface area (Å²) in [5.41, 5.74) is 1.61. The molecule has 1 fully saturated rings. The van der Waals surface area contributed by atoms with Crippen LogP contribution in [-0.2, 0) is 0 Å². The minimum Gasteiger partial charge on any atom is -0.365 e. The van der Waals surface area contributed by atoms with Gasteiger partial charge in [-0.1, -0.05) is 11.6 Å². The number of nitrogens with zero attached hydrogens (tertiary/aromatic N) is 2. The van der Waals surface area contributed by atoms with Crippen LogP contribution in [0.15, 0.2) is 35.1 Å². The molecule has 8 heteroatoms. The van der Waals surface area contributed by atoms with Crippen LogP contribution in [0.2, 0.25) is 5.02 Å². The van der Waals surface area contributed by atoms with Gasteiger partial charge >= 0.3 is 0 Å². The van der Waals surface area contributed by atoms with Gasteiger partial charge < -0.3 is 20.9 Å². The minimum atomic E-state index is -0.391. The number of pyridine rings is 1. The molecular weight excluding hydrogens is 331 g/mol. The predicted molar refractivity (Wildman–Crippen MR) is 92.6 cm³/mol. The van der Waals surface area contributed by atoms with Crippen molar-refractivity contribution in [3.8, 4) is 0 Å². The van der Waals surface area contributed by atoms with Crippen LogP contribution < -0.4 is 16.0 Å². The number of nitrogens with one attached hydrogen (secondary N) is 4. The van der Waals surface area contributed by atoms with E-state index in [1.165, 1.54) is 6.21 Å². The molecule has 0 saturated carbocycles. The first-order valence-electron chi connectivity index (χ1n) is 8.00. The molecule has 0 aromatic carbocycles. The van der Waals surface area contributed by atoms with Gasteiger partial charge in [0.05, 0.1) is 11.2 Å². The number of hydrogen-bond acceptors (Lipinski definition) is 5. The Bertz CT molecular complexity index is 808. The molecule has 0 amide bonds. The lowest BCUT2D eigenvalue weighted by molar-refractivity contribution is 0.390. The third-order valence-corrected chi connectivity index (χ3v) is 4.53. The van der Waals surface area contributed by atoms with Crippen molar-refractivity contribution in [2.24, 2.45) is 4.99 Å². The summed E-state index contributed by atoms with van der Waals surface area (Å²) in [6.45, 7) is 1.84. The number of allylic oxidation sites excluding steroid dienone is 1. The van der Waals surface area contributed by atoms with Crippen molar-refractivity contribution in [3.63, 3.8) is 0 Å². The number of piperidine rings is 1. The third-order valence-electron chi connectivity index (χ3n) is 4.33. The number of aromatic nitrogens is 2. The van der Waals surface area contributed by atoms with E-state index in [0.29, 0.717) is 10.8 Å². The Balaban J connectivity index is 1.57. The predicted octanol–water partition coefficient (Wildman–Crippen LogP) is 2.37. The normalized spacial score (nSPS) is 24.2. The van der Waals surface area contributed by atoms with E-state index in [4.69, 9.17) is 11.6 Å². The second-order valence-corrected chi connectivity index (χ2v) is 6.47. The highest BCUT2D eigenvalue weighted by Gasteiger charge is 2.23. The lowest BCUT2D eigenvalue weighted by Crippen LogP contribution is -2.46. The van der Waals surface area contributed by atoms with Crippen LogP contribution in [-0.4, -0.2) is 35.3 Å². The summed E-state index contributed by atoms with van der Waals surface area (Å²) in [6.07, 6.45) is 6.38. The molecule has 0 radical (unpaired) electrons. The largest absolute Gasteiger partial charge is 0.365 e. The fourth-order valence-electron chi connectivity index (χ4n) is 3.12. The molecule has 2 aromatic rings. The number of fused-ring (bicyclic) bond motifs is 1. The molecule has 2 aromatic heterocycles. The second-order valence-electron chi connectivity index (χ2n) is 6.03. The van der Waals surface area contributed by atoms with E-state index in [9.17, 15) is 4.39 Å². The van der Waals surface area contributed by atoms with Crippen LogP contribution >= 0.6 is 11.6 Å². The number of aromatic amines is 1. The van der Waals surface area contributed by atoms with Crippen LogP contribution in [0.5, 0.6) is 0 Å². The van der Waals surface area contributed by atoms with E-state index in [2.05, 4.69) is 30.9 Å². The quantitative estimate of drug-likeness (QED) is 0.687. The zero-order chi connectivity index (χ0) is 16.5. The van der Waals surface area contributed by atoms with Gasteiger partial charge in [-0.3, -0.25) is 4.99 Å². The van der Waals surface area contributed by atoms with E-state index in [1.807, 2.05) is 12.3 Å². The molecule has 0 bridgehead atoms. The van der Waals surface area contributed by atoms with Crippen molar-refractivity contribution in [1.29, 1.82) is 0 Å². The summed E-state index contributed by atoms with van der Waals surface area (Å²) in [6, 6.07) is 2.04. The van der Waals surface area contributed by atoms with Gasteiger partial charge in [-0.05, 0) is 25.5 Å². The zero-order valence-electron chi connectivity index (χ0n) is 12.9. The SMILES string of the molecule is FC1=C(NC2CCCNC2)NC(c2c[nH]c3ncc(Cl)cc23)N=C1. The molecule has 4 heterocycles. The first-order chi connectivity index (χ1) is 11.7. The van der Waals surface area contributed by atoms with Crippen LogP contribution in [0.1, 0.15) is 24.6 Å². The Morgan fingerprint density at radius 1 is 1.38 bits per heavy atom. The molecule has 126 valence electrons. The summed E-state index contributed by atoms with van der Waals surface area (Å²) < 4.78 is 14.1. The number of H-pyrrole nitrogens is 1. The Kier molecular flexibility index (Phi) is 4.12. The Hall–Kier alpha value is -2.12. The summed E-state index contributed by atoms with van der Waals surface area (Å²) in [5.74, 6) is 0.000796. The van der Waals surface area contributed by atoms with Gasteiger partial charge in [0.25, 0.3) is 0 Å². The maximum atomic E-state index is 14.1. The molecular formula is C16H18ClFN6. The molecule has 0 spiro atoms. The Labute approximate surface area is 143 Å². The van der Waals surface area contributed by atoms with Gasteiger partial charge in [0.1, 0.15) is 17.6 Å². The summed E-state index contributed by atoms with van der Waals surface area (Å²) in [7, 11) is 0. The van der Waals surface area contributed by atoms with Crippen molar-refractivity contribution in [3.05, 3.63) is 40.7 Å². The molecule has 0 aliphatic carbocycles. The standard InChI is InChI=1S/C16H18ClFN6/c17-9-4-11-12(7-21-14(11)20-5-9)15-22-8-13(18)16(24-15)23-10-2-1-3-19-6-10/h4-5,7-8,10,15,19,23-24H,1-3,6H2,(H,20,21). The van der Waals surface area contributed by atoms with E-state index in [1.54, 1.807) is 6.20 Å². The van der Waals surface area contributed by atoms with E-state index >= 15 is 0 Å². The first-order valence-corrected chi connectivity index (χ1v) is 8.38. The Morgan fingerprint density at radius 2 is 2.29 bits per heavy atom. The molecule has 2 unspecified atom stereocenters. The molecule has 6 nitrogen and oxygen atoms in total. The molecule has 24 heavy (non-hydrogen) atoms. The maximum Gasteiger partial charge on any atom is 0.180 e. The average Bonchev–Trinajstić information content (AvgIpc) is 3.01. The molecule has 2 aliphatic heterocycles. The molecule has 4 N–H and O–H groups in total. The van der Waals surface area contributed by atoms with Gasteiger partial charge in [0.15, 0.2) is 5.83 Å². The topological polar surface area (TPSA) is 77.1 Å². The summed E-state index contributed by atoms with van der Waals surface area (Å²) in [4.78, 5) is 11.6. The third kappa shape index (κ3) is 2.97. The highest BCUT2D eigenvalue weighted by Crippen LogP contribution is 2.28. The van der Waals surface area contributed by atoms with Crippen molar-refractivity contribution in [2.45, 2.75) is 25.0 Å². The number of hydrogen-bond donors (Lipinski definition) is 4. The van der Waals surface area contributed by atoms with Crippen molar-refractivity contribution in [2.75, 3.05) is 13.1 Å². The van der Waals surface area contributed by atoms with Crippen LogP contribution in [0.3, 0.4) is 0 Å². The maximum absolute atomic E-state index is 14.1. The van der Waals surface area contributed by atoms with Crippen LogP contribution in [0, 0.1) is 0 Å². The van der Waals surface area contributed by atoms with Gasteiger partial charge in [-0.25, -0.2) is 9.37 Å². The average molecular weight is 349 g/mol. The molecule has 2 aliphatic rings. The lowest BCUT2D eigenvalue weighted by Gasteiger charge is -2.29. The van der Waals surface area contributed by atoms with Crippen molar-refractivity contribution in [1.82, 2.24) is 25.9 Å². The number of aliphatic imine (C=N–C) groups is 1. The van der Waals surface area contributed by atoms with Gasteiger partial charge in [0, 0.05) is 35.9 Å². The number of rotatable bonds is 3. The molecule has 2 atom stereocenters. The Morgan fingerprint density at radius 3 is 3.12 bits per heavy atom. The lowest BCUT2D eigenvalue weighted by atomic mass is 10.1. The van der Waals surface area contributed by atoms with Crippen molar-refractivity contribution >= 4 is 28.8 Å². The highest BCUT2D eigenvalue weighted by atomic mass is 35.5. The fourth-order valence-corrected chi connectivity index (χ4v) is 3.28. The van der Waals surface area contributed by atoms with E-state index in [0.717, 1.165) is 42.5 Å². The van der Waals surface area contributed by atoms with E-state index < -0.39 is 6.17 Å². The highest BCUT2D eigenvalue weighted by molar-refractivity contribution is 6.31. The molecule has 4 rings (SSSR count). The minimum absolute atomic E-state index is 0.207. The van der Waals surface area contributed by atoms with E-state index in [-0.39, 0.29) is 11.9 Å². The van der Waals surface area contributed by atoms with Gasteiger partial charge in [0.2, 0.25) is 0 Å². The van der Waals surface area contributed by atoms with Crippen LogP contribution in [0.4, 0.5) is 4.39 Å². The summed E-state index contributed by atoms with van der Waals surface area (Å²) >= 11 is 6.04. The fraction of sp³-hybridized carbons (Fsp3) is 0.375. The number of halogens is 2. The second kappa shape index (κ2) is 6.41. The van der Waals surface area contributed by atoms with Gasteiger partial charge in [-0.2, -0.15) is 0 Å². The summed E-state index contributed by atoms with van der Waals surface area (Å²) in [5, 5.41) is 11.1. The van der Waals surface area contributed by atoms with Crippen LogP contribution in [0.25, 0.3) is 11.0 Å². The molecule has 1 saturated heterocycles. The zero-order valence-corrected chi connectivity index (χ0v) is 13.7. The monoisotopic (exact) mass is 348 g/mol.